The van der Waals surface area contributed by atoms with Crippen LogP contribution in [-0.2, 0) is 6.42 Å². The van der Waals surface area contributed by atoms with E-state index in [0.29, 0.717) is 6.42 Å². The van der Waals surface area contributed by atoms with E-state index in [4.69, 9.17) is 0 Å². The van der Waals surface area contributed by atoms with E-state index < -0.39 is 6.23 Å². The largest absolute Gasteiger partial charge is 0.373 e. The first-order chi connectivity index (χ1) is 5.25. The lowest BCUT2D eigenvalue weighted by Gasteiger charge is -1.99. The van der Waals surface area contributed by atoms with Crippen LogP contribution in [0.4, 0.5) is 5.82 Å². The van der Waals surface area contributed by atoms with Gasteiger partial charge in [-0.3, -0.25) is 0 Å². The van der Waals surface area contributed by atoms with Gasteiger partial charge >= 0.3 is 0 Å². The normalized spacial score (nSPS) is 21.1. The Morgan fingerprint density at radius 3 is 3.36 bits per heavy atom. The van der Waals surface area contributed by atoms with Crippen LogP contribution >= 0.6 is 0 Å². The van der Waals surface area contributed by atoms with Gasteiger partial charge in [0.05, 0.1) is 0 Å². The van der Waals surface area contributed by atoms with Crippen LogP contribution in [0.5, 0.6) is 0 Å². The van der Waals surface area contributed by atoms with Gasteiger partial charge in [-0.2, -0.15) is 0 Å². The number of fused-ring (bicyclic) bond motifs is 1. The second-order valence-corrected chi connectivity index (χ2v) is 2.88. The molecular formula is C8H10N2O. The van der Waals surface area contributed by atoms with Gasteiger partial charge in [0.1, 0.15) is 12.0 Å². The molecule has 0 aliphatic carbocycles. The van der Waals surface area contributed by atoms with Gasteiger partial charge in [-0.1, -0.05) is 6.07 Å². The Kier molecular flexibility index (Phi) is 1.32. The second kappa shape index (κ2) is 2.20. The maximum absolute atomic E-state index is 9.19. The topological polar surface area (TPSA) is 45.2 Å². The van der Waals surface area contributed by atoms with Gasteiger partial charge in [0.2, 0.25) is 0 Å². The summed E-state index contributed by atoms with van der Waals surface area (Å²) in [5.41, 5.74) is 2.25. The molecule has 1 aromatic heterocycles. The first-order valence-electron chi connectivity index (χ1n) is 3.66. The van der Waals surface area contributed by atoms with Crippen molar-refractivity contribution in [3.63, 3.8) is 0 Å². The second-order valence-electron chi connectivity index (χ2n) is 2.88. The van der Waals surface area contributed by atoms with Crippen molar-refractivity contribution in [1.82, 2.24) is 4.98 Å². The van der Waals surface area contributed by atoms with Gasteiger partial charge in [0.25, 0.3) is 0 Å². The molecule has 0 aromatic carbocycles. The maximum Gasteiger partial charge on any atom is 0.131 e. The molecule has 0 radical (unpaired) electrons. The van der Waals surface area contributed by atoms with E-state index >= 15 is 0 Å². The quantitative estimate of drug-likeness (QED) is 0.571. The highest BCUT2D eigenvalue weighted by molar-refractivity contribution is 5.50. The third kappa shape index (κ3) is 1.07. The van der Waals surface area contributed by atoms with Crippen molar-refractivity contribution in [1.29, 1.82) is 0 Å². The minimum absolute atomic E-state index is 0.445. The maximum atomic E-state index is 9.19. The number of hydrogen-bond donors (Lipinski definition) is 2. The number of hydrogen-bond acceptors (Lipinski definition) is 3. The van der Waals surface area contributed by atoms with Gasteiger partial charge < -0.3 is 10.4 Å². The summed E-state index contributed by atoms with van der Waals surface area (Å²) in [7, 11) is 0. The third-order valence-corrected chi connectivity index (χ3v) is 1.82. The lowest BCUT2D eigenvalue weighted by molar-refractivity contribution is 0.212. The molecule has 1 aromatic rings. The van der Waals surface area contributed by atoms with Crippen LogP contribution in [0, 0.1) is 6.92 Å². The molecule has 0 spiro atoms. The number of aliphatic hydroxyl groups excluding tert-OH is 1. The fraction of sp³-hybridized carbons (Fsp3) is 0.375. The highest BCUT2D eigenvalue weighted by Crippen LogP contribution is 2.22. The first kappa shape index (κ1) is 6.61. The Morgan fingerprint density at radius 2 is 2.55 bits per heavy atom. The summed E-state index contributed by atoms with van der Waals surface area (Å²) in [4.78, 5) is 4.14. The molecule has 0 fully saturated rings. The molecule has 0 amide bonds. The minimum atomic E-state index is -0.445. The molecule has 2 rings (SSSR count). The van der Waals surface area contributed by atoms with Crippen LogP contribution in [0.1, 0.15) is 11.1 Å². The van der Waals surface area contributed by atoms with Crippen molar-refractivity contribution in [3.8, 4) is 0 Å². The van der Waals surface area contributed by atoms with Crippen LogP contribution in [0.25, 0.3) is 0 Å². The molecule has 0 saturated heterocycles. The SMILES string of the molecule is Cc1cnc2c(c1)CC(O)N2. The standard InChI is InChI=1S/C8H10N2O/c1-5-2-6-3-7(11)10-8(6)9-4-5/h2,4,7,11H,3H2,1H3,(H,9,10). The van der Waals surface area contributed by atoms with E-state index in [1.165, 1.54) is 0 Å². The summed E-state index contributed by atoms with van der Waals surface area (Å²) in [6.45, 7) is 2.00. The van der Waals surface area contributed by atoms with Crippen LogP contribution in [0.15, 0.2) is 12.3 Å². The van der Waals surface area contributed by atoms with Crippen LogP contribution in [0.3, 0.4) is 0 Å². The van der Waals surface area contributed by atoms with Gasteiger partial charge in [-0.25, -0.2) is 4.98 Å². The molecule has 1 aliphatic heterocycles. The molecule has 11 heavy (non-hydrogen) atoms. The van der Waals surface area contributed by atoms with Gasteiger partial charge in [0, 0.05) is 12.6 Å². The number of aliphatic hydroxyl groups is 1. The molecule has 2 N–H and O–H groups in total. The van der Waals surface area contributed by atoms with E-state index in [0.717, 1.165) is 16.9 Å². The van der Waals surface area contributed by atoms with E-state index in [9.17, 15) is 5.11 Å². The number of nitrogens with one attached hydrogen (secondary N) is 1. The Bertz CT molecular complexity index is 285. The van der Waals surface area contributed by atoms with Crippen molar-refractivity contribution in [3.05, 3.63) is 23.4 Å². The number of anilines is 1. The summed E-state index contributed by atoms with van der Waals surface area (Å²) < 4.78 is 0. The molecular weight excluding hydrogens is 140 g/mol. The van der Waals surface area contributed by atoms with E-state index in [1.807, 2.05) is 13.0 Å². The predicted molar refractivity (Wildman–Crippen MR) is 42.3 cm³/mol. The number of aromatic nitrogens is 1. The lowest BCUT2D eigenvalue weighted by Crippen LogP contribution is -2.13. The van der Waals surface area contributed by atoms with Crippen molar-refractivity contribution in [2.75, 3.05) is 5.32 Å². The first-order valence-corrected chi connectivity index (χ1v) is 3.66. The molecule has 1 atom stereocenters. The number of rotatable bonds is 0. The summed E-state index contributed by atoms with van der Waals surface area (Å²) in [5, 5.41) is 12.1. The van der Waals surface area contributed by atoms with Crippen molar-refractivity contribution in [2.45, 2.75) is 19.6 Å². The molecule has 3 heteroatoms. The van der Waals surface area contributed by atoms with E-state index in [1.54, 1.807) is 6.20 Å². The molecule has 0 bridgehead atoms. The molecule has 58 valence electrons. The Labute approximate surface area is 65.1 Å². The average molecular weight is 150 g/mol. The van der Waals surface area contributed by atoms with Crippen LogP contribution in [-0.4, -0.2) is 16.3 Å². The lowest BCUT2D eigenvalue weighted by atomic mass is 10.2. The number of aryl methyl sites for hydroxylation is 1. The fourth-order valence-electron chi connectivity index (χ4n) is 1.33. The zero-order valence-electron chi connectivity index (χ0n) is 6.33. The van der Waals surface area contributed by atoms with Crippen LogP contribution in [0.2, 0.25) is 0 Å². The molecule has 2 heterocycles. The number of pyridine rings is 1. The summed E-state index contributed by atoms with van der Waals surface area (Å²) in [6.07, 6.45) is 2.02. The summed E-state index contributed by atoms with van der Waals surface area (Å²) in [6, 6.07) is 2.05. The summed E-state index contributed by atoms with van der Waals surface area (Å²) in [5.74, 6) is 0.822. The highest BCUT2D eigenvalue weighted by Gasteiger charge is 2.18. The zero-order valence-corrected chi connectivity index (χ0v) is 6.33. The molecule has 1 unspecified atom stereocenters. The van der Waals surface area contributed by atoms with Crippen molar-refractivity contribution >= 4 is 5.82 Å². The Hall–Kier alpha value is -1.09. The molecule has 0 saturated carbocycles. The van der Waals surface area contributed by atoms with E-state index in [-0.39, 0.29) is 0 Å². The predicted octanol–water partition coefficient (Wildman–Crippen LogP) is 0.676. The minimum Gasteiger partial charge on any atom is -0.373 e. The Balaban J connectivity index is 2.43. The van der Waals surface area contributed by atoms with E-state index in [2.05, 4.69) is 10.3 Å². The average Bonchev–Trinajstić information content (AvgIpc) is 2.27. The molecule has 1 aliphatic rings. The van der Waals surface area contributed by atoms with Gasteiger partial charge in [0.15, 0.2) is 0 Å². The van der Waals surface area contributed by atoms with Gasteiger partial charge in [-0.05, 0) is 18.1 Å². The highest BCUT2D eigenvalue weighted by atomic mass is 16.3. The zero-order chi connectivity index (χ0) is 7.84. The fourth-order valence-corrected chi connectivity index (χ4v) is 1.33. The third-order valence-electron chi connectivity index (χ3n) is 1.82. The van der Waals surface area contributed by atoms with Gasteiger partial charge in [-0.15, -0.1) is 0 Å². The van der Waals surface area contributed by atoms with Crippen molar-refractivity contribution in [2.24, 2.45) is 0 Å². The molecule has 3 nitrogen and oxygen atoms in total. The smallest absolute Gasteiger partial charge is 0.131 e. The van der Waals surface area contributed by atoms with Crippen LogP contribution < -0.4 is 5.32 Å². The number of nitrogens with zero attached hydrogens (tertiary/aromatic N) is 1. The Morgan fingerprint density at radius 1 is 1.73 bits per heavy atom. The summed E-state index contributed by atoms with van der Waals surface area (Å²) >= 11 is 0. The van der Waals surface area contributed by atoms with Crippen molar-refractivity contribution < 1.29 is 5.11 Å². The monoisotopic (exact) mass is 150 g/mol.